The number of carbonyl (C=O) groups is 2. The fourth-order valence-corrected chi connectivity index (χ4v) is 2.96. The Morgan fingerprint density at radius 3 is 2.48 bits per heavy atom. The number of anilines is 1. The van der Waals surface area contributed by atoms with Crippen LogP contribution in [-0.2, 0) is 14.6 Å². The van der Waals surface area contributed by atoms with Gasteiger partial charge in [-0.1, -0.05) is 0 Å². The van der Waals surface area contributed by atoms with Crippen molar-refractivity contribution in [3.63, 3.8) is 0 Å². The number of nitrogens with zero attached hydrogens (tertiary/aromatic N) is 1. The van der Waals surface area contributed by atoms with E-state index < -0.39 is 21.7 Å². The van der Waals surface area contributed by atoms with Crippen molar-refractivity contribution in [1.29, 1.82) is 0 Å². The smallest absolute Gasteiger partial charge is 0.357 e. The van der Waals surface area contributed by atoms with Crippen molar-refractivity contribution in [2.45, 2.75) is 11.8 Å². The molecule has 0 fully saturated rings. The summed E-state index contributed by atoms with van der Waals surface area (Å²) in [5, 5.41) is 4.29. The molecule has 0 atom stereocenters. The number of aromatic nitrogens is 1. The average Bonchev–Trinajstić information content (AvgIpc) is 2.95. The molecule has 1 aromatic carbocycles. The van der Waals surface area contributed by atoms with Gasteiger partial charge in [-0.05, 0) is 31.2 Å². The molecule has 0 aliphatic heterocycles. The van der Waals surface area contributed by atoms with Gasteiger partial charge in [0.1, 0.15) is 0 Å². The van der Waals surface area contributed by atoms with E-state index in [2.05, 4.69) is 10.3 Å². The van der Waals surface area contributed by atoms with Crippen LogP contribution in [-0.4, -0.2) is 38.1 Å². The van der Waals surface area contributed by atoms with Gasteiger partial charge >= 0.3 is 5.97 Å². The number of carbonyl (C=O) groups excluding carboxylic acids is 2. The predicted molar refractivity (Wildman–Crippen MR) is 85.6 cm³/mol. The van der Waals surface area contributed by atoms with E-state index in [-0.39, 0.29) is 27.9 Å². The molecule has 0 aliphatic carbocycles. The van der Waals surface area contributed by atoms with E-state index in [1.54, 1.807) is 6.92 Å². The average molecular weight is 354 g/mol. The highest BCUT2D eigenvalue weighted by molar-refractivity contribution is 7.90. The maximum Gasteiger partial charge on any atom is 0.357 e. The van der Waals surface area contributed by atoms with Gasteiger partial charge in [-0.15, -0.1) is 11.3 Å². The fraction of sp³-hybridized carbons (Fsp3) is 0.214. The number of nitrogens with one attached hydrogen (secondary N) is 1. The quantitative estimate of drug-likeness (QED) is 0.824. The zero-order valence-electron chi connectivity index (χ0n) is 12.4. The summed E-state index contributed by atoms with van der Waals surface area (Å²) in [6, 6.07) is 5.53. The van der Waals surface area contributed by atoms with Gasteiger partial charge in [0.25, 0.3) is 5.91 Å². The molecule has 0 spiro atoms. The number of ether oxygens (including phenoxy) is 1. The van der Waals surface area contributed by atoms with Crippen molar-refractivity contribution in [2.24, 2.45) is 0 Å². The van der Waals surface area contributed by atoms with E-state index in [9.17, 15) is 18.0 Å². The van der Waals surface area contributed by atoms with Gasteiger partial charge in [-0.2, -0.15) is 0 Å². The lowest BCUT2D eigenvalue weighted by atomic mass is 10.2. The zero-order valence-corrected chi connectivity index (χ0v) is 14.0. The number of esters is 1. The van der Waals surface area contributed by atoms with Gasteiger partial charge in [0.05, 0.1) is 11.5 Å². The summed E-state index contributed by atoms with van der Waals surface area (Å²) in [6.45, 7) is 1.93. The molecule has 7 nitrogen and oxygen atoms in total. The van der Waals surface area contributed by atoms with Gasteiger partial charge in [-0.3, -0.25) is 10.1 Å². The first-order valence-electron chi connectivity index (χ1n) is 6.55. The van der Waals surface area contributed by atoms with Crippen molar-refractivity contribution >= 4 is 38.2 Å². The number of amides is 1. The first-order chi connectivity index (χ1) is 10.8. The van der Waals surface area contributed by atoms with E-state index >= 15 is 0 Å². The molecule has 1 amide bonds. The van der Waals surface area contributed by atoms with Crippen molar-refractivity contribution in [2.75, 3.05) is 18.2 Å². The molecule has 0 radical (unpaired) electrons. The van der Waals surface area contributed by atoms with Crippen LogP contribution in [0.2, 0.25) is 0 Å². The van der Waals surface area contributed by atoms with E-state index in [1.165, 1.54) is 29.6 Å². The third-order valence-electron chi connectivity index (χ3n) is 2.75. The Hall–Kier alpha value is -2.26. The highest BCUT2D eigenvalue weighted by Crippen LogP contribution is 2.18. The lowest BCUT2D eigenvalue weighted by Gasteiger charge is -2.03. The maximum atomic E-state index is 12.1. The molecule has 122 valence electrons. The minimum atomic E-state index is -3.31. The van der Waals surface area contributed by atoms with Crippen molar-refractivity contribution < 1.29 is 22.7 Å². The molecule has 0 saturated heterocycles. The molecule has 2 aromatic rings. The molecule has 1 aromatic heterocycles. The number of hydrogen-bond acceptors (Lipinski definition) is 7. The summed E-state index contributed by atoms with van der Waals surface area (Å²) in [4.78, 5) is 27.7. The predicted octanol–water partition coefficient (Wildman–Crippen LogP) is 1.98. The number of thiazole rings is 1. The molecule has 0 saturated carbocycles. The Labute approximate surface area is 137 Å². The van der Waals surface area contributed by atoms with E-state index in [0.29, 0.717) is 0 Å². The number of benzene rings is 1. The Morgan fingerprint density at radius 2 is 1.91 bits per heavy atom. The van der Waals surface area contributed by atoms with Crippen LogP contribution in [0.25, 0.3) is 0 Å². The summed E-state index contributed by atoms with van der Waals surface area (Å²) in [6.07, 6.45) is 1.09. The maximum absolute atomic E-state index is 12.1. The second-order valence-electron chi connectivity index (χ2n) is 4.51. The summed E-state index contributed by atoms with van der Waals surface area (Å²) in [7, 11) is -3.31. The molecule has 0 bridgehead atoms. The summed E-state index contributed by atoms with van der Waals surface area (Å²) >= 11 is 1.09. The minimum absolute atomic E-state index is 0.125. The molecule has 0 aliphatic rings. The van der Waals surface area contributed by atoms with Crippen LogP contribution >= 0.6 is 11.3 Å². The Kier molecular flexibility index (Phi) is 5.12. The van der Waals surface area contributed by atoms with Crippen molar-refractivity contribution in [1.82, 2.24) is 4.98 Å². The van der Waals surface area contributed by atoms with Crippen LogP contribution in [0, 0.1) is 0 Å². The lowest BCUT2D eigenvalue weighted by molar-refractivity contribution is 0.0520. The van der Waals surface area contributed by atoms with E-state index in [1.807, 2.05) is 0 Å². The van der Waals surface area contributed by atoms with Gasteiger partial charge < -0.3 is 4.74 Å². The number of sulfone groups is 1. The van der Waals surface area contributed by atoms with Gasteiger partial charge in [0, 0.05) is 17.2 Å². The van der Waals surface area contributed by atoms with Crippen LogP contribution in [0.15, 0.2) is 34.5 Å². The van der Waals surface area contributed by atoms with Crippen LogP contribution in [0.5, 0.6) is 0 Å². The normalized spacial score (nSPS) is 11.0. The Balaban J connectivity index is 2.09. The van der Waals surface area contributed by atoms with Crippen molar-refractivity contribution in [3.05, 3.63) is 40.9 Å². The summed E-state index contributed by atoms with van der Waals surface area (Å²) in [5.74, 6) is -1.00. The largest absolute Gasteiger partial charge is 0.461 e. The summed E-state index contributed by atoms with van der Waals surface area (Å²) in [5.41, 5.74) is 0.407. The molecule has 0 unspecified atom stereocenters. The van der Waals surface area contributed by atoms with E-state index in [4.69, 9.17) is 4.74 Å². The standard InChI is InChI=1S/C14H14N2O5S2/c1-3-21-13(18)11-8-22-14(15-11)16-12(17)9-4-6-10(7-5-9)23(2,19)20/h4-8H,3H2,1-2H3,(H,15,16,17). The first kappa shape index (κ1) is 17.1. The highest BCUT2D eigenvalue weighted by atomic mass is 32.2. The summed E-state index contributed by atoms with van der Waals surface area (Å²) < 4.78 is 27.6. The number of rotatable bonds is 5. The van der Waals surface area contributed by atoms with E-state index in [0.717, 1.165) is 17.6 Å². The lowest BCUT2D eigenvalue weighted by Crippen LogP contribution is -2.12. The second-order valence-corrected chi connectivity index (χ2v) is 7.38. The van der Waals surface area contributed by atoms with Crippen LogP contribution in [0.3, 0.4) is 0 Å². The van der Waals surface area contributed by atoms with Crippen LogP contribution in [0.4, 0.5) is 5.13 Å². The van der Waals surface area contributed by atoms with Gasteiger partial charge in [0.2, 0.25) is 0 Å². The molecule has 23 heavy (non-hydrogen) atoms. The molecular weight excluding hydrogens is 340 g/mol. The van der Waals surface area contributed by atoms with Crippen molar-refractivity contribution in [3.8, 4) is 0 Å². The second kappa shape index (κ2) is 6.88. The van der Waals surface area contributed by atoms with Gasteiger partial charge in [0.15, 0.2) is 20.7 Å². The SMILES string of the molecule is CCOC(=O)c1csc(NC(=O)c2ccc(S(C)(=O)=O)cc2)n1. The topological polar surface area (TPSA) is 102 Å². The molecule has 9 heteroatoms. The monoisotopic (exact) mass is 354 g/mol. The fourth-order valence-electron chi connectivity index (χ4n) is 1.65. The highest BCUT2D eigenvalue weighted by Gasteiger charge is 2.14. The third kappa shape index (κ3) is 4.36. The first-order valence-corrected chi connectivity index (χ1v) is 9.32. The van der Waals surface area contributed by atoms with Crippen LogP contribution < -0.4 is 5.32 Å². The molecule has 1 heterocycles. The molecule has 2 rings (SSSR count). The molecule has 1 N–H and O–H groups in total. The third-order valence-corrected chi connectivity index (χ3v) is 4.64. The zero-order chi connectivity index (χ0) is 17.0. The Morgan fingerprint density at radius 1 is 1.26 bits per heavy atom. The number of hydrogen-bond donors (Lipinski definition) is 1. The van der Waals surface area contributed by atoms with Gasteiger partial charge in [-0.25, -0.2) is 18.2 Å². The Bertz CT molecular complexity index is 825. The van der Waals surface area contributed by atoms with Crippen LogP contribution in [0.1, 0.15) is 27.8 Å². The molecular formula is C14H14N2O5S2. The minimum Gasteiger partial charge on any atom is -0.461 e.